The van der Waals surface area contributed by atoms with E-state index in [4.69, 9.17) is 0 Å². The van der Waals surface area contributed by atoms with Crippen molar-refractivity contribution < 1.29 is 9.18 Å². The Labute approximate surface area is 158 Å². The second-order valence-electron chi connectivity index (χ2n) is 6.67. The van der Waals surface area contributed by atoms with Crippen molar-refractivity contribution in [3.63, 3.8) is 0 Å². The number of hydrogen-bond acceptors (Lipinski definition) is 3. The molecule has 1 aromatic heterocycles. The van der Waals surface area contributed by atoms with Gasteiger partial charge in [0.05, 0.1) is 17.4 Å². The van der Waals surface area contributed by atoms with Crippen LogP contribution >= 0.6 is 0 Å². The van der Waals surface area contributed by atoms with E-state index in [2.05, 4.69) is 41.6 Å². The van der Waals surface area contributed by atoms with Crippen molar-refractivity contribution in [3.05, 3.63) is 89.5 Å². The number of amides is 1. The minimum absolute atomic E-state index is 0.231. The molecule has 0 unspecified atom stereocenters. The van der Waals surface area contributed by atoms with E-state index >= 15 is 0 Å². The quantitative estimate of drug-likeness (QED) is 0.647. The zero-order chi connectivity index (χ0) is 19.2. The fourth-order valence-corrected chi connectivity index (χ4v) is 2.64. The van der Waals surface area contributed by atoms with Crippen LogP contribution in [0.5, 0.6) is 0 Å². The van der Waals surface area contributed by atoms with Crippen LogP contribution in [0.4, 0.5) is 15.8 Å². The molecule has 0 bridgehead atoms. The van der Waals surface area contributed by atoms with Gasteiger partial charge in [-0.1, -0.05) is 38.1 Å². The molecule has 0 aliphatic heterocycles. The van der Waals surface area contributed by atoms with Crippen LogP contribution < -0.4 is 10.6 Å². The van der Waals surface area contributed by atoms with Crippen molar-refractivity contribution in [3.8, 4) is 0 Å². The van der Waals surface area contributed by atoms with Gasteiger partial charge in [0.1, 0.15) is 5.82 Å². The first-order chi connectivity index (χ1) is 13.0. The summed E-state index contributed by atoms with van der Waals surface area (Å²) in [6.45, 7) is 4.63. The highest BCUT2D eigenvalue weighted by Crippen LogP contribution is 2.20. The molecule has 0 saturated carbocycles. The lowest BCUT2D eigenvalue weighted by Crippen LogP contribution is -2.23. The SMILES string of the molecule is CC(C)c1ccc(Nc2cncc(C(=O)NCc3ccc(F)cc3)c2)cc1. The molecule has 5 heteroatoms. The van der Waals surface area contributed by atoms with Gasteiger partial charge in [-0.2, -0.15) is 0 Å². The average Bonchev–Trinajstić information content (AvgIpc) is 2.68. The van der Waals surface area contributed by atoms with Gasteiger partial charge in [-0.05, 0) is 47.4 Å². The standard InChI is InChI=1S/C22H22FN3O/c1-15(2)17-5-9-20(10-6-17)26-21-11-18(13-24-14-21)22(27)25-12-16-3-7-19(23)8-4-16/h3-11,13-15,26H,12H2,1-2H3,(H,25,27). The minimum atomic E-state index is -0.297. The summed E-state index contributed by atoms with van der Waals surface area (Å²) in [5, 5.41) is 6.08. The minimum Gasteiger partial charge on any atom is -0.354 e. The molecule has 0 radical (unpaired) electrons. The summed E-state index contributed by atoms with van der Waals surface area (Å²) in [5.41, 5.74) is 4.23. The number of aromatic nitrogens is 1. The van der Waals surface area contributed by atoms with Gasteiger partial charge >= 0.3 is 0 Å². The second kappa shape index (κ2) is 8.45. The lowest BCUT2D eigenvalue weighted by atomic mass is 10.0. The van der Waals surface area contributed by atoms with Crippen LogP contribution in [-0.4, -0.2) is 10.9 Å². The monoisotopic (exact) mass is 363 g/mol. The molecule has 3 rings (SSSR count). The van der Waals surface area contributed by atoms with E-state index < -0.39 is 0 Å². The van der Waals surface area contributed by atoms with E-state index in [-0.39, 0.29) is 11.7 Å². The summed E-state index contributed by atoms with van der Waals surface area (Å²) in [4.78, 5) is 16.5. The maximum Gasteiger partial charge on any atom is 0.253 e. The Morgan fingerprint density at radius 2 is 1.70 bits per heavy atom. The highest BCUT2D eigenvalue weighted by molar-refractivity contribution is 5.94. The molecule has 2 N–H and O–H groups in total. The summed E-state index contributed by atoms with van der Waals surface area (Å²) >= 11 is 0. The number of rotatable bonds is 6. The van der Waals surface area contributed by atoms with Gasteiger partial charge in [0.2, 0.25) is 0 Å². The Bertz CT molecular complexity index is 906. The van der Waals surface area contributed by atoms with Crippen LogP contribution in [0.1, 0.15) is 41.3 Å². The highest BCUT2D eigenvalue weighted by Gasteiger charge is 2.08. The molecule has 2 aromatic carbocycles. The van der Waals surface area contributed by atoms with Crippen LogP contribution in [0.2, 0.25) is 0 Å². The van der Waals surface area contributed by atoms with E-state index in [1.807, 2.05) is 12.1 Å². The Balaban J connectivity index is 1.63. The molecule has 0 aliphatic rings. The third-order valence-corrected chi connectivity index (χ3v) is 4.23. The molecule has 0 atom stereocenters. The van der Waals surface area contributed by atoms with Gasteiger partial charge < -0.3 is 10.6 Å². The summed E-state index contributed by atoms with van der Waals surface area (Å²) < 4.78 is 12.9. The number of hydrogen-bond donors (Lipinski definition) is 2. The zero-order valence-electron chi connectivity index (χ0n) is 15.4. The Kier molecular flexibility index (Phi) is 5.81. The van der Waals surface area contributed by atoms with Gasteiger partial charge in [-0.25, -0.2) is 4.39 Å². The lowest BCUT2D eigenvalue weighted by molar-refractivity contribution is 0.0950. The Morgan fingerprint density at radius 3 is 2.37 bits per heavy atom. The van der Waals surface area contributed by atoms with Crippen molar-refractivity contribution in [2.45, 2.75) is 26.3 Å². The Morgan fingerprint density at radius 1 is 1.00 bits per heavy atom. The second-order valence-corrected chi connectivity index (χ2v) is 6.67. The number of nitrogens with zero attached hydrogens (tertiary/aromatic N) is 1. The molecule has 4 nitrogen and oxygen atoms in total. The van der Waals surface area contributed by atoms with Crippen LogP contribution in [0, 0.1) is 5.82 Å². The first-order valence-electron chi connectivity index (χ1n) is 8.86. The zero-order valence-corrected chi connectivity index (χ0v) is 15.4. The van der Waals surface area contributed by atoms with Crippen molar-refractivity contribution in [1.29, 1.82) is 0 Å². The number of benzene rings is 2. The van der Waals surface area contributed by atoms with E-state index in [1.165, 1.54) is 23.9 Å². The molecular weight excluding hydrogens is 341 g/mol. The summed E-state index contributed by atoms with van der Waals surface area (Å²) in [7, 11) is 0. The van der Waals surface area contributed by atoms with E-state index in [9.17, 15) is 9.18 Å². The number of halogens is 1. The van der Waals surface area contributed by atoms with Crippen molar-refractivity contribution in [2.24, 2.45) is 0 Å². The smallest absolute Gasteiger partial charge is 0.253 e. The predicted octanol–water partition coefficient (Wildman–Crippen LogP) is 5.02. The largest absolute Gasteiger partial charge is 0.354 e. The molecule has 27 heavy (non-hydrogen) atoms. The third-order valence-electron chi connectivity index (χ3n) is 4.23. The summed E-state index contributed by atoms with van der Waals surface area (Å²) in [6.07, 6.45) is 3.19. The number of carbonyl (C=O) groups is 1. The molecule has 0 saturated heterocycles. The van der Waals surface area contributed by atoms with Crippen molar-refractivity contribution >= 4 is 17.3 Å². The maximum absolute atomic E-state index is 12.9. The average molecular weight is 363 g/mol. The maximum atomic E-state index is 12.9. The van der Waals surface area contributed by atoms with Gasteiger partial charge in [-0.15, -0.1) is 0 Å². The molecule has 138 valence electrons. The van der Waals surface area contributed by atoms with Crippen LogP contribution in [0.3, 0.4) is 0 Å². The van der Waals surface area contributed by atoms with Crippen LogP contribution in [-0.2, 0) is 6.54 Å². The molecule has 0 spiro atoms. The van der Waals surface area contributed by atoms with Gasteiger partial charge in [0.25, 0.3) is 5.91 Å². The number of pyridine rings is 1. The number of nitrogens with one attached hydrogen (secondary N) is 2. The Hall–Kier alpha value is -3.21. The highest BCUT2D eigenvalue weighted by atomic mass is 19.1. The van der Waals surface area contributed by atoms with Crippen LogP contribution in [0.25, 0.3) is 0 Å². The van der Waals surface area contributed by atoms with Gasteiger partial charge in [0.15, 0.2) is 0 Å². The number of anilines is 2. The van der Waals surface area contributed by atoms with E-state index in [1.54, 1.807) is 24.4 Å². The first-order valence-corrected chi connectivity index (χ1v) is 8.86. The topological polar surface area (TPSA) is 54.0 Å². The van der Waals surface area contributed by atoms with Crippen molar-refractivity contribution in [2.75, 3.05) is 5.32 Å². The molecule has 0 fully saturated rings. The normalized spacial score (nSPS) is 10.7. The molecular formula is C22H22FN3O. The van der Waals surface area contributed by atoms with E-state index in [0.29, 0.717) is 18.0 Å². The first kappa shape index (κ1) is 18.6. The van der Waals surface area contributed by atoms with Gasteiger partial charge in [-0.3, -0.25) is 9.78 Å². The predicted molar refractivity (Wildman–Crippen MR) is 106 cm³/mol. The molecule has 1 heterocycles. The number of carbonyl (C=O) groups excluding carboxylic acids is 1. The molecule has 3 aromatic rings. The van der Waals surface area contributed by atoms with E-state index in [0.717, 1.165) is 16.9 Å². The molecule has 0 aliphatic carbocycles. The third kappa shape index (κ3) is 5.14. The van der Waals surface area contributed by atoms with Crippen LogP contribution in [0.15, 0.2) is 67.0 Å². The summed E-state index contributed by atoms with van der Waals surface area (Å²) in [6, 6.07) is 16.0. The van der Waals surface area contributed by atoms with Gasteiger partial charge in [0, 0.05) is 18.4 Å². The fraction of sp³-hybridized carbons (Fsp3) is 0.182. The van der Waals surface area contributed by atoms with Crippen molar-refractivity contribution in [1.82, 2.24) is 10.3 Å². The fourth-order valence-electron chi connectivity index (χ4n) is 2.64. The summed E-state index contributed by atoms with van der Waals surface area (Å²) in [5.74, 6) is -0.0473. The molecule has 1 amide bonds. The lowest BCUT2D eigenvalue weighted by Gasteiger charge is -2.10.